The molecule has 4 rings (SSSR count). The lowest BCUT2D eigenvalue weighted by Gasteiger charge is -2.16. The van der Waals surface area contributed by atoms with Crippen molar-refractivity contribution in [2.24, 2.45) is 0 Å². The Hall–Kier alpha value is -4.00. The summed E-state index contributed by atoms with van der Waals surface area (Å²) in [5, 5.41) is 8.03. The molecule has 0 fully saturated rings. The molecule has 0 radical (unpaired) electrons. The molecule has 0 aliphatic rings. The van der Waals surface area contributed by atoms with Crippen molar-refractivity contribution < 1.29 is 19.0 Å². The van der Waals surface area contributed by atoms with Crippen molar-refractivity contribution in [2.45, 2.75) is 13.3 Å². The minimum Gasteiger partial charge on any atom is -0.497 e. The third-order valence-electron chi connectivity index (χ3n) is 5.55. The zero-order valence-electron chi connectivity index (χ0n) is 19.2. The molecule has 33 heavy (non-hydrogen) atoms. The fraction of sp³-hybridized carbons (Fsp3) is 0.231. The minimum absolute atomic E-state index is 0.328. The van der Waals surface area contributed by atoms with E-state index in [0.29, 0.717) is 13.0 Å². The Bertz CT molecular complexity index is 1300. The second kappa shape index (κ2) is 9.65. The molecule has 0 aliphatic carbocycles. The first kappa shape index (κ1) is 22.2. The van der Waals surface area contributed by atoms with E-state index in [1.165, 1.54) is 0 Å². The molecular weight excluding hydrogens is 418 g/mol. The lowest BCUT2D eigenvalue weighted by Crippen LogP contribution is -2.20. The summed E-state index contributed by atoms with van der Waals surface area (Å²) in [6.07, 6.45) is 0.224. The van der Waals surface area contributed by atoms with Gasteiger partial charge in [-0.2, -0.15) is 0 Å². The Balaban J connectivity index is 1.70. The van der Waals surface area contributed by atoms with Gasteiger partial charge in [0.05, 0.1) is 37.5 Å². The van der Waals surface area contributed by atoms with Crippen LogP contribution in [0.25, 0.3) is 21.8 Å². The number of ether oxygens (including phenoxy) is 3. The van der Waals surface area contributed by atoms with Crippen LogP contribution in [-0.4, -0.2) is 39.0 Å². The number of alkyl carbamates (subject to hydrolysis) is 1. The maximum atomic E-state index is 11.2. The van der Waals surface area contributed by atoms with E-state index in [1.54, 1.807) is 21.3 Å². The van der Waals surface area contributed by atoms with Gasteiger partial charge in [-0.3, -0.25) is 0 Å². The van der Waals surface area contributed by atoms with E-state index < -0.39 is 6.09 Å². The number of pyridine rings is 1. The third kappa shape index (κ3) is 4.77. The van der Waals surface area contributed by atoms with Crippen LogP contribution in [0.3, 0.4) is 0 Å². The summed E-state index contributed by atoms with van der Waals surface area (Å²) in [7, 11) is 4.86. The summed E-state index contributed by atoms with van der Waals surface area (Å²) in [5.41, 5.74) is 5.71. The highest BCUT2D eigenvalue weighted by molar-refractivity contribution is 6.09. The van der Waals surface area contributed by atoms with Gasteiger partial charge < -0.3 is 24.8 Å². The van der Waals surface area contributed by atoms with E-state index >= 15 is 0 Å². The Labute approximate surface area is 192 Å². The fourth-order valence-electron chi connectivity index (χ4n) is 3.77. The maximum Gasteiger partial charge on any atom is 0.406 e. The molecule has 3 aromatic carbocycles. The van der Waals surface area contributed by atoms with E-state index in [9.17, 15) is 4.79 Å². The number of anilines is 2. The fourth-order valence-corrected chi connectivity index (χ4v) is 3.77. The van der Waals surface area contributed by atoms with E-state index in [2.05, 4.69) is 16.7 Å². The van der Waals surface area contributed by atoms with E-state index in [0.717, 1.165) is 55.8 Å². The largest absolute Gasteiger partial charge is 0.497 e. The maximum absolute atomic E-state index is 11.2. The standard InChI is InChI=1S/C26H27N3O4/c1-16-13-21-23(15-24(16)32-4)29-22-14-19(31-3)9-10-20(22)25(21)28-18-7-5-17(6-8-18)11-12-33-26(30)27-2/h5-10,13-15H,11-12H2,1-4H3,(H,27,30)(H,28,29). The van der Waals surface area contributed by atoms with Crippen LogP contribution < -0.4 is 20.1 Å². The number of amides is 1. The van der Waals surface area contributed by atoms with Crippen molar-refractivity contribution in [3.8, 4) is 11.5 Å². The van der Waals surface area contributed by atoms with Crippen LogP contribution in [0.4, 0.5) is 16.2 Å². The monoisotopic (exact) mass is 445 g/mol. The van der Waals surface area contributed by atoms with Gasteiger partial charge in [-0.1, -0.05) is 12.1 Å². The van der Waals surface area contributed by atoms with Crippen LogP contribution >= 0.6 is 0 Å². The van der Waals surface area contributed by atoms with Gasteiger partial charge in [-0.25, -0.2) is 9.78 Å². The molecule has 0 unspecified atom stereocenters. The van der Waals surface area contributed by atoms with Gasteiger partial charge in [0.25, 0.3) is 0 Å². The minimum atomic E-state index is -0.423. The molecule has 2 N–H and O–H groups in total. The van der Waals surface area contributed by atoms with Gasteiger partial charge in [0.2, 0.25) is 0 Å². The molecule has 0 saturated carbocycles. The molecule has 170 valence electrons. The van der Waals surface area contributed by atoms with E-state index in [4.69, 9.17) is 19.2 Å². The van der Waals surface area contributed by atoms with E-state index in [-0.39, 0.29) is 0 Å². The van der Waals surface area contributed by atoms with Crippen molar-refractivity contribution >= 4 is 39.3 Å². The van der Waals surface area contributed by atoms with Crippen LogP contribution in [0.15, 0.2) is 54.6 Å². The number of nitrogens with one attached hydrogen (secondary N) is 2. The third-order valence-corrected chi connectivity index (χ3v) is 5.55. The first-order chi connectivity index (χ1) is 16.0. The first-order valence-corrected chi connectivity index (χ1v) is 10.7. The van der Waals surface area contributed by atoms with Gasteiger partial charge in [0.15, 0.2) is 0 Å². The lowest BCUT2D eigenvalue weighted by atomic mass is 10.0. The van der Waals surface area contributed by atoms with E-state index in [1.807, 2.05) is 55.5 Å². The van der Waals surface area contributed by atoms with Gasteiger partial charge in [0.1, 0.15) is 11.5 Å². The normalized spacial score (nSPS) is 10.8. The van der Waals surface area contributed by atoms with Crippen molar-refractivity contribution in [1.29, 1.82) is 0 Å². The van der Waals surface area contributed by atoms with Crippen molar-refractivity contribution in [1.82, 2.24) is 10.3 Å². The summed E-state index contributed by atoms with van der Waals surface area (Å²) < 4.78 is 16.0. The summed E-state index contributed by atoms with van der Waals surface area (Å²) in [6, 6.07) is 18.0. The average molecular weight is 446 g/mol. The summed E-state index contributed by atoms with van der Waals surface area (Å²) >= 11 is 0. The Morgan fingerprint density at radius 1 is 0.939 bits per heavy atom. The van der Waals surface area contributed by atoms with Crippen molar-refractivity contribution in [3.05, 3.63) is 65.7 Å². The number of rotatable bonds is 7. The second-order valence-corrected chi connectivity index (χ2v) is 7.67. The summed E-state index contributed by atoms with van der Waals surface area (Å²) in [6.45, 7) is 2.35. The number of aromatic nitrogens is 1. The lowest BCUT2D eigenvalue weighted by molar-refractivity contribution is 0.150. The quantitative estimate of drug-likeness (QED) is 0.373. The SMILES string of the molecule is CNC(=O)OCCc1ccc(Nc2c3ccc(OC)cc3nc3cc(OC)c(C)cc23)cc1. The Kier molecular flexibility index (Phi) is 6.49. The number of methoxy groups -OCH3 is 2. The van der Waals surface area contributed by atoms with Gasteiger partial charge in [-0.05, 0) is 48.4 Å². The van der Waals surface area contributed by atoms with Crippen molar-refractivity contribution in [3.63, 3.8) is 0 Å². The van der Waals surface area contributed by atoms with Gasteiger partial charge in [-0.15, -0.1) is 0 Å². The summed E-state index contributed by atoms with van der Waals surface area (Å²) in [5.74, 6) is 1.55. The molecule has 1 heterocycles. The number of benzene rings is 3. The zero-order valence-corrected chi connectivity index (χ0v) is 19.2. The van der Waals surface area contributed by atoms with Crippen LogP contribution in [0.5, 0.6) is 11.5 Å². The number of carbonyl (C=O) groups excluding carboxylic acids is 1. The zero-order chi connectivity index (χ0) is 23.4. The smallest absolute Gasteiger partial charge is 0.406 e. The Morgan fingerprint density at radius 3 is 2.39 bits per heavy atom. The summed E-state index contributed by atoms with van der Waals surface area (Å²) in [4.78, 5) is 16.1. The number of nitrogens with zero attached hydrogens (tertiary/aromatic N) is 1. The number of hydrogen-bond donors (Lipinski definition) is 2. The molecule has 1 aromatic heterocycles. The van der Waals surface area contributed by atoms with Gasteiger partial charge >= 0.3 is 6.09 Å². The highest BCUT2D eigenvalue weighted by Gasteiger charge is 2.13. The highest BCUT2D eigenvalue weighted by atomic mass is 16.5. The molecule has 1 amide bonds. The second-order valence-electron chi connectivity index (χ2n) is 7.67. The molecule has 0 aliphatic heterocycles. The number of hydrogen-bond acceptors (Lipinski definition) is 6. The highest BCUT2D eigenvalue weighted by Crippen LogP contribution is 2.37. The predicted molar refractivity (Wildman–Crippen MR) is 131 cm³/mol. The molecule has 0 atom stereocenters. The molecular formula is C26H27N3O4. The molecule has 4 aromatic rings. The topological polar surface area (TPSA) is 81.7 Å². The molecule has 0 spiro atoms. The predicted octanol–water partition coefficient (Wildman–Crippen LogP) is 5.36. The van der Waals surface area contributed by atoms with Crippen LogP contribution in [0.2, 0.25) is 0 Å². The number of aryl methyl sites for hydroxylation is 1. The Morgan fingerprint density at radius 2 is 1.70 bits per heavy atom. The van der Waals surface area contributed by atoms with Crippen LogP contribution in [0.1, 0.15) is 11.1 Å². The number of carbonyl (C=O) groups is 1. The average Bonchev–Trinajstić information content (AvgIpc) is 2.84. The van der Waals surface area contributed by atoms with Gasteiger partial charge in [0, 0.05) is 42.1 Å². The van der Waals surface area contributed by atoms with Crippen molar-refractivity contribution in [2.75, 3.05) is 33.2 Å². The van der Waals surface area contributed by atoms with Crippen LogP contribution in [0, 0.1) is 6.92 Å². The number of fused-ring (bicyclic) bond motifs is 2. The molecule has 7 heteroatoms. The molecule has 7 nitrogen and oxygen atoms in total. The first-order valence-electron chi connectivity index (χ1n) is 10.7. The molecule has 0 bridgehead atoms. The van der Waals surface area contributed by atoms with Crippen LogP contribution in [-0.2, 0) is 11.2 Å². The molecule has 0 saturated heterocycles.